The lowest BCUT2D eigenvalue weighted by atomic mass is 10.2. The molecule has 0 atom stereocenters. The Morgan fingerprint density at radius 3 is 2.60 bits per heavy atom. The van der Waals surface area contributed by atoms with Gasteiger partial charge in [-0.05, 0) is 30.3 Å². The number of nitrogens with zero attached hydrogens (tertiary/aromatic N) is 1. The zero-order chi connectivity index (χ0) is 14.7. The number of nitrogens with one attached hydrogen (secondary N) is 1. The van der Waals surface area contributed by atoms with Crippen LogP contribution in [0.5, 0.6) is 5.75 Å². The van der Waals surface area contributed by atoms with Gasteiger partial charge in [0.05, 0.1) is 17.7 Å². The SMILES string of the molecule is COc1ccc(Cl)cc1Nc1cccc(Cl)c1[N+](=O)[O-]. The minimum absolute atomic E-state index is 0.0565. The van der Waals surface area contributed by atoms with Crippen molar-refractivity contribution in [3.05, 3.63) is 56.6 Å². The summed E-state index contributed by atoms with van der Waals surface area (Å²) in [5.74, 6) is 0.517. The Balaban J connectivity index is 2.48. The van der Waals surface area contributed by atoms with Gasteiger partial charge >= 0.3 is 5.69 Å². The summed E-state index contributed by atoms with van der Waals surface area (Å²) in [5.41, 5.74) is 0.588. The Labute approximate surface area is 125 Å². The van der Waals surface area contributed by atoms with Crippen LogP contribution in [-0.4, -0.2) is 12.0 Å². The molecular weight excluding hydrogens is 303 g/mol. The quantitative estimate of drug-likeness (QED) is 0.659. The first-order valence-electron chi connectivity index (χ1n) is 5.56. The first-order valence-corrected chi connectivity index (χ1v) is 6.32. The minimum atomic E-state index is -0.540. The molecule has 0 unspecified atom stereocenters. The summed E-state index contributed by atoms with van der Waals surface area (Å²) in [6, 6.07) is 9.59. The molecule has 0 radical (unpaired) electrons. The molecule has 5 nitrogen and oxygen atoms in total. The standard InChI is InChI=1S/C13H10Cl2N2O3/c1-20-12-6-5-8(14)7-11(12)16-10-4-2-3-9(15)13(10)17(18)19/h2-7,16H,1H3. The molecule has 0 saturated carbocycles. The van der Waals surface area contributed by atoms with Crippen molar-refractivity contribution in [1.29, 1.82) is 0 Å². The second-order valence-electron chi connectivity index (χ2n) is 3.86. The van der Waals surface area contributed by atoms with Gasteiger partial charge in [-0.2, -0.15) is 0 Å². The molecule has 2 aromatic carbocycles. The van der Waals surface area contributed by atoms with E-state index in [0.717, 1.165) is 0 Å². The van der Waals surface area contributed by atoms with E-state index in [1.807, 2.05) is 0 Å². The molecular formula is C13H10Cl2N2O3. The van der Waals surface area contributed by atoms with E-state index in [-0.39, 0.29) is 16.4 Å². The lowest BCUT2D eigenvalue weighted by Crippen LogP contribution is -1.99. The van der Waals surface area contributed by atoms with Crippen molar-refractivity contribution in [1.82, 2.24) is 0 Å². The fourth-order valence-electron chi connectivity index (χ4n) is 1.72. The number of anilines is 2. The van der Waals surface area contributed by atoms with Gasteiger partial charge in [0, 0.05) is 5.02 Å². The number of methoxy groups -OCH3 is 1. The van der Waals surface area contributed by atoms with Crippen molar-refractivity contribution in [2.24, 2.45) is 0 Å². The Bertz CT molecular complexity index is 662. The molecule has 0 heterocycles. The van der Waals surface area contributed by atoms with E-state index in [1.54, 1.807) is 30.3 Å². The molecule has 7 heteroatoms. The van der Waals surface area contributed by atoms with Crippen molar-refractivity contribution < 1.29 is 9.66 Å². The second kappa shape index (κ2) is 5.98. The highest BCUT2D eigenvalue weighted by Crippen LogP contribution is 2.37. The van der Waals surface area contributed by atoms with Crippen LogP contribution < -0.4 is 10.1 Å². The molecule has 2 rings (SSSR count). The number of nitro benzene ring substituents is 1. The zero-order valence-electron chi connectivity index (χ0n) is 10.4. The van der Waals surface area contributed by atoms with Crippen molar-refractivity contribution in [3.63, 3.8) is 0 Å². The van der Waals surface area contributed by atoms with E-state index >= 15 is 0 Å². The molecule has 2 aromatic rings. The summed E-state index contributed by atoms with van der Waals surface area (Å²) < 4.78 is 5.18. The van der Waals surface area contributed by atoms with Crippen molar-refractivity contribution >= 4 is 40.3 Å². The van der Waals surface area contributed by atoms with Gasteiger partial charge in [0.1, 0.15) is 16.5 Å². The summed E-state index contributed by atoms with van der Waals surface area (Å²) in [6.07, 6.45) is 0. The lowest BCUT2D eigenvalue weighted by molar-refractivity contribution is -0.383. The Kier molecular flexibility index (Phi) is 4.32. The molecule has 104 valence electrons. The molecule has 20 heavy (non-hydrogen) atoms. The van der Waals surface area contributed by atoms with E-state index in [1.165, 1.54) is 13.2 Å². The summed E-state index contributed by atoms with van der Waals surface area (Å²) in [7, 11) is 1.50. The fraction of sp³-hybridized carbons (Fsp3) is 0.0769. The number of halogens is 2. The fourth-order valence-corrected chi connectivity index (χ4v) is 2.14. The third-order valence-electron chi connectivity index (χ3n) is 2.60. The van der Waals surface area contributed by atoms with Crippen LogP contribution in [0.15, 0.2) is 36.4 Å². The number of rotatable bonds is 4. The minimum Gasteiger partial charge on any atom is -0.495 e. The number of hydrogen-bond donors (Lipinski definition) is 1. The van der Waals surface area contributed by atoms with E-state index in [2.05, 4.69) is 5.32 Å². The van der Waals surface area contributed by atoms with E-state index in [0.29, 0.717) is 16.5 Å². The largest absolute Gasteiger partial charge is 0.495 e. The van der Waals surface area contributed by atoms with Gasteiger partial charge in [0.25, 0.3) is 0 Å². The van der Waals surface area contributed by atoms with Crippen LogP contribution in [0.4, 0.5) is 17.1 Å². The third-order valence-corrected chi connectivity index (χ3v) is 3.14. The van der Waals surface area contributed by atoms with Gasteiger partial charge < -0.3 is 10.1 Å². The highest BCUT2D eigenvalue weighted by molar-refractivity contribution is 6.33. The normalized spacial score (nSPS) is 10.2. The van der Waals surface area contributed by atoms with Gasteiger partial charge in [0.2, 0.25) is 0 Å². The smallest absolute Gasteiger partial charge is 0.311 e. The van der Waals surface area contributed by atoms with Crippen LogP contribution in [0.2, 0.25) is 10.0 Å². The maximum Gasteiger partial charge on any atom is 0.311 e. The van der Waals surface area contributed by atoms with E-state index in [9.17, 15) is 10.1 Å². The first-order chi connectivity index (χ1) is 9.52. The summed E-state index contributed by atoms with van der Waals surface area (Å²) >= 11 is 11.8. The van der Waals surface area contributed by atoms with E-state index in [4.69, 9.17) is 27.9 Å². The molecule has 0 aliphatic rings. The molecule has 0 aliphatic carbocycles. The molecule has 0 bridgehead atoms. The predicted octanol–water partition coefficient (Wildman–Crippen LogP) is 4.65. The zero-order valence-corrected chi connectivity index (χ0v) is 11.9. The van der Waals surface area contributed by atoms with Crippen LogP contribution >= 0.6 is 23.2 Å². The van der Waals surface area contributed by atoms with E-state index < -0.39 is 4.92 Å². The average molecular weight is 313 g/mol. The Hall–Kier alpha value is -1.98. The van der Waals surface area contributed by atoms with Crippen molar-refractivity contribution in [2.75, 3.05) is 12.4 Å². The van der Waals surface area contributed by atoms with Crippen LogP contribution in [0.1, 0.15) is 0 Å². The Morgan fingerprint density at radius 1 is 1.20 bits per heavy atom. The van der Waals surface area contributed by atoms with Crippen LogP contribution in [0.25, 0.3) is 0 Å². The van der Waals surface area contributed by atoms with Crippen LogP contribution in [0.3, 0.4) is 0 Å². The summed E-state index contributed by atoms with van der Waals surface area (Å²) in [6.45, 7) is 0. The number of hydrogen-bond acceptors (Lipinski definition) is 4. The third kappa shape index (κ3) is 2.95. The maximum absolute atomic E-state index is 11.1. The highest BCUT2D eigenvalue weighted by atomic mass is 35.5. The van der Waals surface area contributed by atoms with Crippen molar-refractivity contribution in [2.45, 2.75) is 0 Å². The molecule has 0 aliphatic heterocycles. The molecule has 0 aromatic heterocycles. The molecule has 0 spiro atoms. The van der Waals surface area contributed by atoms with Crippen molar-refractivity contribution in [3.8, 4) is 5.75 Å². The van der Waals surface area contributed by atoms with Gasteiger partial charge in [0.15, 0.2) is 0 Å². The van der Waals surface area contributed by atoms with Gasteiger partial charge in [-0.1, -0.05) is 29.3 Å². The average Bonchev–Trinajstić information content (AvgIpc) is 2.38. The van der Waals surface area contributed by atoms with Gasteiger partial charge in [-0.15, -0.1) is 0 Å². The Morgan fingerprint density at radius 2 is 1.95 bits per heavy atom. The van der Waals surface area contributed by atoms with Crippen LogP contribution in [-0.2, 0) is 0 Å². The highest BCUT2D eigenvalue weighted by Gasteiger charge is 2.19. The lowest BCUT2D eigenvalue weighted by Gasteiger charge is -2.12. The topological polar surface area (TPSA) is 64.4 Å². The van der Waals surface area contributed by atoms with Crippen LogP contribution in [0, 0.1) is 10.1 Å². The van der Waals surface area contributed by atoms with Gasteiger partial charge in [-0.3, -0.25) is 10.1 Å². The second-order valence-corrected chi connectivity index (χ2v) is 4.71. The molecule has 1 N–H and O–H groups in total. The first kappa shape index (κ1) is 14.4. The number of ether oxygens (including phenoxy) is 1. The molecule has 0 saturated heterocycles. The number of para-hydroxylation sites is 1. The molecule has 0 amide bonds. The predicted molar refractivity (Wildman–Crippen MR) is 79.4 cm³/mol. The number of nitro groups is 1. The summed E-state index contributed by atoms with van der Waals surface area (Å²) in [4.78, 5) is 10.5. The molecule has 0 fully saturated rings. The summed E-state index contributed by atoms with van der Waals surface area (Å²) in [5, 5.41) is 14.5. The maximum atomic E-state index is 11.1. The monoisotopic (exact) mass is 312 g/mol. The van der Waals surface area contributed by atoms with Gasteiger partial charge in [-0.25, -0.2) is 0 Å². The number of benzene rings is 2.